The number of hydrogen-bond donors (Lipinski definition) is 2. The van der Waals surface area contributed by atoms with Crippen LogP contribution in [0.4, 0.5) is 4.79 Å². The first-order valence-electron chi connectivity index (χ1n) is 8.01. The maximum Gasteiger partial charge on any atom is 0.315 e. The molecule has 0 saturated carbocycles. The average Bonchev–Trinajstić information content (AvgIpc) is 3.11. The third kappa shape index (κ3) is 2.90. The van der Waals surface area contributed by atoms with Crippen molar-refractivity contribution in [3.8, 4) is 0 Å². The van der Waals surface area contributed by atoms with E-state index in [-0.39, 0.29) is 18.1 Å². The minimum Gasteiger partial charge on any atom is -0.334 e. The highest BCUT2D eigenvalue weighted by molar-refractivity contribution is 5.74. The highest BCUT2D eigenvalue weighted by Crippen LogP contribution is 2.14. The van der Waals surface area contributed by atoms with Crippen molar-refractivity contribution in [3.05, 3.63) is 23.8 Å². The highest BCUT2D eigenvalue weighted by atomic mass is 16.2. The molecule has 0 aromatic carbocycles. The van der Waals surface area contributed by atoms with Crippen LogP contribution >= 0.6 is 0 Å². The van der Waals surface area contributed by atoms with Crippen molar-refractivity contribution in [2.75, 3.05) is 0 Å². The zero-order valence-corrected chi connectivity index (χ0v) is 13.1. The lowest BCUT2D eigenvalue weighted by Crippen LogP contribution is -2.50. The Bertz CT molecular complexity index is 720. The Labute approximate surface area is 133 Å². The van der Waals surface area contributed by atoms with Crippen LogP contribution in [0, 0.1) is 6.92 Å². The van der Waals surface area contributed by atoms with Gasteiger partial charge in [-0.15, -0.1) is 0 Å². The second-order valence-electron chi connectivity index (χ2n) is 6.20. The van der Waals surface area contributed by atoms with Gasteiger partial charge in [0.15, 0.2) is 0 Å². The molecule has 9 nitrogen and oxygen atoms in total. The molecule has 2 aromatic heterocycles. The molecular weight excluding hydrogens is 296 g/mol. The third-order valence-corrected chi connectivity index (χ3v) is 4.44. The summed E-state index contributed by atoms with van der Waals surface area (Å²) in [5, 5.41) is 14.6. The van der Waals surface area contributed by atoms with Gasteiger partial charge in [-0.05, 0) is 19.8 Å². The second kappa shape index (κ2) is 5.64. The Hall–Kier alpha value is -2.45. The molecular formula is C14H20N8O. The van der Waals surface area contributed by atoms with Crippen molar-refractivity contribution in [1.82, 2.24) is 40.2 Å². The van der Waals surface area contributed by atoms with Gasteiger partial charge in [0.25, 0.3) is 0 Å². The van der Waals surface area contributed by atoms with Crippen LogP contribution in [0.5, 0.6) is 0 Å². The quantitative estimate of drug-likeness (QED) is 0.799. The van der Waals surface area contributed by atoms with Gasteiger partial charge < -0.3 is 10.6 Å². The number of nitrogens with one attached hydrogen (secondary N) is 2. The molecule has 2 aliphatic rings. The van der Waals surface area contributed by atoms with Gasteiger partial charge in [-0.2, -0.15) is 10.2 Å². The normalized spacial score (nSPS) is 23.0. The van der Waals surface area contributed by atoms with Crippen molar-refractivity contribution in [1.29, 1.82) is 0 Å². The topological polar surface area (TPSA) is 103 Å². The summed E-state index contributed by atoms with van der Waals surface area (Å²) >= 11 is 0. The van der Waals surface area contributed by atoms with Crippen molar-refractivity contribution >= 4 is 6.03 Å². The van der Waals surface area contributed by atoms with E-state index in [4.69, 9.17) is 0 Å². The standard InChI is InChI=1S/C14H20N8O/c1-9-17-13-5-3-11(7-22(13)20-9)19-14(23)18-10-2-4-12-15-8-16-21(12)6-10/h8,10-11H,2-7H2,1H3,(H2,18,19,23). The predicted molar refractivity (Wildman–Crippen MR) is 80.7 cm³/mol. The molecule has 2 aromatic rings. The first-order valence-corrected chi connectivity index (χ1v) is 8.01. The number of nitrogens with zero attached hydrogens (tertiary/aromatic N) is 6. The van der Waals surface area contributed by atoms with Crippen molar-refractivity contribution in [2.24, 2.45) is 0 Å². The molecule has 0 radical (unpaired) electrons. The summed E-state index contributed by atoms with van der Waals surface area (Å²) in [5.41, 5.74) is 0. The zero-order valence-electron chi connectivity index (χ0n) is 13.1. The molecule has 0 spiro atoms. The summed E-state index contributed by atoms with van der Waals surface area (Å²) in [4.78, 5) is 20.8. The fourth-order valence-electron chi connectivity index (χ4n) is 3.32. The van der Waals surface area contributed by atoms with E-state index in [9.17, 15) is 4.79 Å². The van der Waals surface area contributed by atoms with Crippen LogP contribution in [0.2, 0.25) is 0 Å². The van der Waals surface area contributed by atoms with Gasteiger partial charge in [-0.25, -0.2) is 24.1 Å². The molecule has 4 rings (SSSR count). The molecule has 0 bridgehead atoms. The SMILES string of the molecule is Cc1nc2n(n1)CC(NC(=O)NC1CCc3ncnn3C1)CC2. The maximum absolute atomic E-state index is 12.2. The van der Waals surface area contributed by atoms with E-state index >= 15 is 0 Å². The molecule has 9 heteroatoms. The number of carbonyl (C=O) groups excluding carboxylic acids is 1. The molecule has 0 aliphatic carbocycles. The molecule has 4 heterocycles. The van der Waals surface area contributed by atoms with E-state index in [1.54, 1.807) is 6.33 Å². The summed E-state index contributed by atoms with van der Waals surface area (Å²) in [6.07, 6.45) is 5.04. The molecule has 2 unspecified atom stereocenters. The third-order valence-electron chi connectivity index (χ3n) is 4.44. The largest absolute Gasteiger partial charge is 0.334 e. The summed E-state index contributed by atoms with van der Waals surface area (Å²) in [5.74, 6) is 2.78. The van der Waals surface area contributed by atoms with E-state index in [0.29, 0.717) is 13.1 Å². The van der Waals surface area contributed by atoms with Crippen LogP contribution < -0.4 is 10.6 Å². The number of urea groups is 1. The first kappa shape index (κ1) is 14.2. The van der Waals surface area contributed by atoms with Gasteiger partial charge in [-0.3, -0.25) is 0 Å². The summed E-state index contributed by atoms with van der Waals surface area (Å²) < 4.78 is 3.76. The van der Waals surface area contributed by atoms with Gasteiger partial charge in [0.1, 0.15) is 23.8 Å². The lowest BCUT2D eigenvalue weighted by molar-refractivity contribution is 0.223. The van der Waals surface area contributed by atoms with Crippen LogP contribution in [0.25, 0.3) is 0 Å². The number of hydrogen-bond acceptors (Lipinski definition) is 5. The van der Waals surface area contributed by atoms with Crippen LogP contribution in [0.15, 0.2) is 6.33 Å². The van der Waals surface area contributed by atoms with E-state index in [1.165, 1.54) is 0 Å². The van der Waals surface area contributed by atoms with Gasteiger partial charge in [0, 0.05) is 12.8 Å². The molecule has 2 aliphatic heterocycles. The van der Waals surface area contributed by atoms with Crippen LogP contribution in [0.3, 0.4) is 0 Å². The number of rotatable bonds is 2. The molecule has 122 valence electrons. The first-order chi connectivity index (χ1) is 11.2. The Morgan fingerprint density at radius 1 is 1.13 bits per heavy atom. The van der Waals surface area contributed by atoms with Crippen molar-refractivity contribution < 1.29 is 4.79 Å². The Kier molecular flexibility index (Phi) is 3.47. The van der Waals surface area contributed by atoms with Gasteiger partial charge in [0.05, 0.1) is 25.2 Å². The molecule has 2 N–H and O–H groups in total. The molecule has 23 heavy (non-hydrogen) atoms. The van der Waals surface area contributed by atoms with E-state index in [1.807, 2.05) is 16.3 Å². The number of carbonyl (C=O) groups is 1. The predicted octanol–water partition coefficient (Wildman–Crippen LogP) is -0.193. The van der Waals surface area contributed by atoms with Crippen LogP contribution in [-0.2, 0) is 25.9 Å². The number of aryl methyl sites for hydroxylation is 3. The molecule has 0 saturated heterocycles. The number of amides is 2. The van der Waals surface area contributed by atoms with Gasteiger partial charge in [0.2, 0.25) is 0 Å². The fourth-order valence-corrected chi connectivity index (χ4v) is 3.32. The van der Waals surface area contributed by atoms with Crippen molar-refractivity contribution in [3.63, 3.8) is 0 Å². The van der Waals surface area contributed by atoms with Crippen molar-refractivity contribution in [2.45, 2.75) is 57.8 Å². The molecule has 0 fully saturated rings. The lowest BCUT2D eigenvalue weighted by Gasteiger charge is -2.27. The lowest BCUT2D eigenvalue weighted by atomic mass is 10.1. The zero-order chi connectivity index (χ0) is 15.8. The molecule has 2 amide bonds. The van der Waals surface area contributed by atoms with Gasteiger partial charge in [-0.1, -0.05) is 0 Å². The fraction of sp³-hybridized carbons (Fsp3) is 0.643. The van der Waals surface area contributed by atoms with Crippen LogP contribution in [-0.4, -0.2) is 47.6 Å². The van der Waals surface area contributed by atoms with Crippen LogP contribution in [0.1, 0.15) is 30.3 Å². The highest BCUT2D eigenvalue weighted by Gasteiger charge is 2.25. The minimum absolute atomic E-state index is 0.0918. The van der Waals surface area contributed by atoms with E-state index in [0.717, 1.165) is 43.2 Å². The van der Waals surface area contributed by atoms with E-state index < -0.39 is 0 Å². The Balaban J connectivity index is 1.31. The smallest absolute Gasteiger partial charge is 0.315 e. The maximum atomic E-state index is 12.2. The summed E-state index contributed by atoms with van der Waals surface area (Å²) in [6.45, 7) is 3.25. The Morgan fingerprint density at radius 2 is 1.83 bits per heavy atom. The summed E-state index contributed by atoms with van der Waals surface area (Å²) in [6, 6.07) is 0.0648. The number of fused-ring (bicyclic) bond motifs is 2. The second-order valence-corrected chi connectivity index (χ2v) is 6.20. The minimum atomic E-state index is -0.121. The van der Waals surface area contributed by atoms with E-state index in [2.05, 4.69) is 30.8 Å². The monoisotopic (exact) mass is 316 g/mol. The Morgan fingerprint density at radius 3 is 2.61 bits per heavy atom. The molecule has 2 atom stereocenters. The van der Waals surface area contributed by atoms with Gasteiger partial charge >= 0.3 is 6.03 Å². The number of aromatic nitrogens is 6. The summed E-state index contributed by atoms with van der Waals surface area (Å²) in [7, 11) is 0. The average molecular weight is 316 g/mol.